The molecule has 2 N–H and O–H groups in total. The highest BCUT2D eigenvalue weighted by Crippen LogP contribution is 2.19. The Morgan fingerprint density at radius 1 is 1.38 bits per heavy atom. The molecular formula is C16H22N2O5S. The van der Waals surface area contributed by atoms with E-state index in [4.69, 9.17) is 10.5 Å². The number of nitrogen functional groups attached to an aromatic ring is 1. The Labute approximate surface area is 141 Å². The molecular weight excluding hydrogens is 332 g/mol. The van der Waals surface area contributed by atoms with Crippen molar-refractivity contribution in [1.29, 1.82) is 0 Å². The van der Waals surface area contributed by atoms with Crippen LogP contribution < -0.4 is 5.73 Å². The fourth-order valence-corrected chi connectivity index (χ4v) is 4.54. The summed E-state index contributed by atoms with van der Waals surface area (Å²) < 4.78 is 28.2. The van der Waals surface area contributed by atoms with Crippen molar-refractivity contribution in [2.24, 2.45) is 0 Å². The van der Waals surface area contributed by atoms with Crippen LogP contribution >= 0.6 is 0 Å². The number of likely N-dealkylation sites (N-methyl/N-ethyl adjacent to an activating group) is 1. The number of sulfone groups is 1. The van der Waals surface area contributed by atoms with Crippen LogP contribution in [0.1, 0.15) is 29.3 Å². The second kappa shape index (κ2) is 7.21. The molecule has 1 aromatic rings. The lowest BCUT2D eigenvalue weighted by Gasteiger charge is -2.26. The molecule has 1 aromatic carbocycles. The summed E-state index contributed by atoms with van der Waals surface area (Å²) in [7, 11) is -3.09. The van der Waals surface area contributed by atoms with Crippen LogP contribution in [0.3, 0.4) is 0 Å². The van der Waals surface area contributed by atoms with Gasteiger partial charge in [-0.25, -0.2) is 13.2 Å². The first-order chi connectivity index (χ1) is 11.2. The van der Waals surface area contributed by atoms with Crippen molar-refractivity contribution in [3.05, 3.63) is 29.3 Å². The molecule has 1 amide bonds. The maximum Gasteiger partial charge on any atom is 0.340 e. The number of nitrogens with two attached hydrogens (primary N) is 1. The van der Waals surface area contributed by atoms with Gasteiger partial charge in [0.2, 0.25) is 0 Å². The number of amides is 1. The summed E-state index contributed by atoms with van der Waals surface area (Å²) in [5.74, 6) is -1.02. The summed E-state index contributed by atoms with van der Waals surface area (Å²) >= 11 is 0. The topological polar surface area (TPSA) is 107 Å². The minimum Gasteiger partial charge on any atom is -0.452 e. The molecule has 0 bridgehead atoms. The fourth-order valence-electron chi connectivity index (χ4n) is 2.81. The van der Waals surface area contributed by atoms with Crippen molar-refractivity contribution >= 4 is 27.4 Å². The minimum atomic E-state index is -3.09. The molecule has 2 rings (SSSR count). The maximum absolute atomic E-state index is 12.3. The zero-order chi connectivity index (χ0) is 17.9. The van der Waals surface area contributed by atoms with Crippen LogP contribution in [-0.2, 0) is 19.4 Å². The van der Waals surface area contributed by atoms with Gasteiger partial charge in [-0.3, -0.25) is 4.79 Å². The highest BCUT2D eigenvalue weighted by atomic mass is 32.2. The van der Waals surface area contributed by atoms with E-state index in [1.165, 1.54) is 11.0 Å². The van der Waals surface area contributed by atoms with E-state index < -0.39 is 28.3 Å². The predicted molar refractivity (Wildman–Crippen MR) is 90.3 cm³/mol. The molecule has 8 heteroatoms. The quantitative estimate of drug-likeness (QED) is 0.618. The van der Waals surface area contributed by atoms with Gasteiger partial charge in [-0.05, 0) is 31.9 Å². The Morgan fingerprint density at radius 3 is 2.67 bits per heavy atom. The van der Waals surface area contributed by atoms with Crippen molar-refractivity contribution in [1.82, 2.24) is 4.90 Å². The van der Waals surface area contributed by atoms with Gasteiger partial charge in [0, 0.05) is 18.3 Å². The molecule has 7 nitrogen and oxygen atoms in total. The van der Waals surface area contributed by atoms with Crippen LogP contribution in [0.2, 0.25) is 0 Å². The van der Waals surface area contributed by atoms with Gasteiger partial charge >= 0.3 is 5.97 Å². The number of carbonyl (C=O) groups is 2. The van der Waals surface area contributed by atoms with Gasteiger partial charge < -0.3 is 15.4 Å². The molecule has 0 spiro atoms. The van der Waals surface area contributed by atoms with Crippen molar-refractivity contribution in [3.8, 4) is 0 Å². The van der Waals surface area contributed by atoms with Crippen molar-refractivity contribution < 1.29 is 22.7 Å². The number of aryl methyl sites for hydroxylation is 1. The zero-order valence-corrected chi connectivity index (χ0v) is 14.6. The van der Waals surface area contributed by atoms with Crippen molar-refractivity contribution in [2.75, 3.05) is 30.4 Å². The average Bonchev–Trinajstić information content (AvgIpc) is 2.88. The average molecular weight is 354 g/mol. The van der Waals surface area contributed by atoms with E-state index in [2.05, 4.69) is 0 Å². The normalized spacial score (nSPS) is 19.0. The van der Waals surface area contributed by atoms with Gasteiger partial charge in [-0.2, -0.15) is 0 Å². The molecule has 1 aliphatic heterocycles. The third kappa shape index (κ3) is 4.05. The highest BCUT2D eigenvalue weighted by Gasteiger charge is 2.34. The van der Waals surface area contributed by atoms with Gasteiger partial charge in [0.1, 0.15) is 0 Å². The second-order valence-electron chi connectivity index (χ2n) is 5.85. The first kappa shape index (κ1) is 18.3. The summed E-state index contributed by atoms with van der Waals surface area (Å²) in [6, 6.07) is 4.65. The molecule has 0 saturated carbocycles. The predicted octanol–water partition coefficient (Wildman–Crippen LogP) is 0.770. The van der Waals surface area contributed by atoms with Crippen LogP contribution in [0.5, 0.6) is 0 Å². The van der Waals surface area contributed by atoms with E-state index in [0.29, 0.717) is 18.7 Å². The van der Waals surface area contributed by atoms with Crippen molar-refractivity contribution in [2.45, 2.75) is 26.3 Å². The summed E-state index contributed by atoms with van der Waals surface area (Å²) in [6.07, 6.45) is 0.417. The number of nitrogens with zero attached hydrogens (tertiary/aromatic N) is 1. The van der Waals surface area contributed by atoms with Crippen LogP contribution in [0.25, 0.3) is 0 Å². The molecule has 1 heterocycles. The molecule has 1 saturated heterocycles. The molecule has 0 unspecified atom stereocenters. The molecule has 24 heavy (non-hydrogen) atoms. The number of hydrogen-bond donors (Lipinski definition) is 1. The molecule has 132 valence electrons. The number of carbonyl (C=O) groups excluding carboxylic acids is 2. The Balaban J connectivity index is 1.99. The number of benzene rings is 1. The lowest BCUT2D eigenvalue weighted by molar-refractivity contribution is -0.136. The van der Waals surface area contributed by atoms with Gasteiger partial charge in [0.25, 0.3) is 5.91 Å². The first-order valence-electron chi connectivity index (χ1n) is 7.77. The lowest BCUT2D eigenvalue weighted by Crippen LogP contribution is -2.43. The number of rotatable bonds is 5. The lowest BCUT2D eigenvalue weighted by atomic mass is 10.1. The number of anilines is 1. The standard InChI is InChI=1S/C16H22N2O5S/c1-3-18(12-7-8-24(21,22)10-12)14(19)9-23-16(20)13-6-4-5-11(2)15(13)17/h4-6,12H,3,7-10,17H2,1-2H3/t12-/m0/s1. The Bertz CT molecular complexity index is 745. The van der Waals surface area contributed by atoms with E-state index in [1.807, 2.05) is 0 Å². The van der Waals surface area contributed by atoms with Crippen LogP contribution in [0.15, 0.2) is 18.2 Å². The monoisotopic (exact) mass is 354 g/mol. The Kier molecular flexibility index (Phi) is 5.48. The Morgan fingerprint density at radius 2 is 2.08 bits per heavy atom. The summed E-state index contributed by atoms with van der Waals surface area (Å²) in [6.45, 7) is 3.47. The van der Waals surface area contributed by atoms with Gasteiger partial charge in [-0.15, -0.1) is 0 Å². The number of para-hydroxylation sites is 1. The first-order valence-corrected chi connectivity index (χ1v) is 9.59. The molecule has 1 atom stereocenters. The van der Waals surface area contributed by atoms with Crippen LogP contribution in [0, 0.1) is 6.92 Å². The molecule has 1 aliphatic rings. The van der Waals surface area contributed by atoms with Gasteiger partial charge in [0.05, 0.1) is 17.1 Å². The maximum atomic E-state index is 12.3. The van der Waals surface area contributed by atoms with E-state index in [9.17, 15) is 18.0 Å². The van der Waals surface area contributed by atoms with E-state index in [0.717, 1.165) is 5.56 Å². The third-order valence-corrected chi connectivity index (χ3v) is 5.93. The molecule has 0 aromatic heterocycles. The number of hydrogen-bond acceptors (Lipinski definition) is 6. The van der Waals surface area contributed by atoms with Crippen LogP contribution in [-0.4, -0.2) is 55.9 Å². The number of esters is 1. The van der Waals surface area contributed by atoms with E-state index in [1.54, 1.807) is 26.0 Å². The van der Waals surface area contributed by atoms with Crippen molar-refractivity contribution in [3.63, 3.8) is 0 Å². The summed E-state index contributed by atoms with van der Waals surface area (Å²) in [5, 5.41) is 0. The summed E-state index contributed by atoms with van der Waals surface area (Å²) in [5.41, 5.74) is 7.13. The minimum absolute atomic E-state index is 0.0364. The SMILES string of the molecule is CCN(C(=O)COC(=O)c1cccc(C)c1N)[C@H]1CCS(=O)(=O)C1. The Hall–Kier alpha value is -2.09. The smallest absolute Gasteiger partial charge is 0.340 e. The van der Waals surface area contributed by atoms with Gasteiger partial charge in [-0.1, -0.05) is 12.1 Å². The zero-order valence-electron chi connectivity index (χ0n) is 13.8. The molecule has 1 fully saturated rings. The largest absolute Gasteiger partial charge is 0.452 e. The third-order valence-electron chi connectivity index (χ3n) is 4.18. The van der Waals surface area contributed by atoms with E-state index in [-0.39, 0.29) is 23.1 Å². The van der Waals surface area contributed by atoms with E-state index >= 15 is 0 Å². The molecule has 0 radical (unpaired) electrons. The fraction of sp³-hybridized carbons (Fsp3) is 0.500. The second-order valence-corrected chi connectivity index (χ2v) is 8.08. The van der Waals surface area contributed by atoms with Crippen LogP contribution in [0.4, 0.5) is 5.69 Å². The number of ether oxygens (including phenoxy) is 1. The highest BCUT2D eigenvalue weighted by molar-refractivity contribution is 7.91. The summed E-state index contributed by atoms with van der Waals surface area (Å²) in [4.78, 5) is 25.8. The van der Waals surface area contributed by atoms with Gasteiger partial charge in [0.15, 0.2) is 16.4 Å². The molecule has 0 aliphatic carbocycles.